The molecule has 6 atom stereocenters. The summed E-state index contributed by atoms with van der Waals surface area (Å²) in [7, 11) is 0. The molecule has 0 bridgehead atoms. The molecule has 0 radical (unpaired) electrons. The molecular weight excluding hydrogens is 386 g/mol. The number of thioether (sulfide) groups is 1. The monoisotopic (exact) mass is 415 g/mol. The second-order valence-corrected chi connectivity index (χ2v) is 9.08. The number of carbonyl (C=O) groups is 2. The van der Waals surface area contributed by atoms with Gasteiger partial charge >= 0.3 is 6.16 Å². The van der Waals surface area contributed by atoms with Crippen molar-refractivity contribution >= 4 is 23.8 Å². The number of hydrogen-bond acceptors (Lipinski definition) is 8. The topological polar surface area (TPSA) is 145 Å². The van der Waals surface area contributed by atoms with Crippen molar-refractivity contribution in [2.24, 2.45) is 17.6 Å². The molecule has 3 aliphatic rings. The van der Waals surface area contributed by atoms with Crippen molar-refractivity contribution in [1.29, 1.82) is 0 Å². The minimum Gasteiger partial charge on any atom is -0.449 e. The van der Waals surface area contributed by atoms with Crippen molar-refractivity contribution in [3.63, 3.8) is 0 Å². The molecule has 0 aromatic carbocycles. The van der Waals surface area contributed by atoms with Crippen molar-refractivity contribution in [3.05, 3.63) is 10.8 Å². The highest BCUT2D eigenvalue weighted by atomic mass is 32.2. The van der Waals surface area contributed by atoms with Gasteiger partial charge in [-0.05, 0) is 38.6 Å². The van der Waals surface area contributed by atoms with Gasteiger partial charge in [-0.3, -0.25) is 9.69 Å². The van der Waals surface area contributed by atoms with E-state index < -0.39 is 18.2 Å². The molecular formula is C18H29N3O6S. The fourth-order valence-electron chi connectivity index (χ4n) is 4.57. The third-order valence-corrected chi connectivity index (χ3v) is 7.18. The molecule has 0 aromatic rings. The Labute approximate surface area is 168 Å². The van der Waals surface area contributed by atoms with Crippen molar-refractivity contribution in [2.45, 2.75) is 56.0 Å². The highest BCUT2D eigenvalue weighted by Gasteiger charge is 2.57. The molecule has 6 N–H and O–H groups in total. The van der Waals surface area contributed by atoms with E-state index in [1.807, 2.05) is 0 Å². The summed E-state index contributed by atoms with van der Waals surface area (Å²) in [6.45, 7) is 3.03. The van der Waals surface area contributed by atoms with Crippen molar-refractivity contribution in [3.8, 4) is 0 Å². The van der Waals surface area contributed by atoms with Crippen molar-refractivity contribution in [1.82, 2.24) is 10.2 Å². The molecule has 3 heterocycles. The molecule has 1 amide bonds. The van der Waals surface area contributed by atoms with Gasteiger partial charge in [0.2, 0.25) is 11.8 Å². The van der Waals surface area contributed by atoms with E-state index in [1.54, 1.807) is 18.7 Å². The number of rotatable bonds is 9. The molecule has 3 rings (SSSR count). The van der Waals surface area contributed by atoms with Crippen LogP contribution in [0.5, 0.6) is 0 Å². The highest BCUT2D eigenvalue weighted by Crippen LogP contribution is 2.49. The van der Waals surface area contributed by atoms with Crippen LogP contribution in [0.2, 0.25) is 0 Å². The quantitative estimate of drug-likeness (QED) is 0.265. The van der Waals surface area contributed by atoms with Crippen LogP contribution in [-0.4, -0.2) is 75.4 Å². The molecule has 0 spiro atoms. The third-order valence-electron chi connectivity index (χ3n) is 5.86. The molecule has 10 heteroatoms. The summed E-state index contributed by atoms with van der Waals surface area (Å²) in [5, 5.41) is 31.9. The lowest BCUT2D eigenvalue weighted by molar-refractivity contribution is -0.160. The summed E-state index contributed by atoms with van der Waals surface area (Å²) < 4.78 is 4.95. The Morgan fingerprint density at radius 3 is 2.82 bits per heavy atom. The number of nitrogens with zero attached hydrogens (tertiary/aromatic N) is 1. The number of carboxylic acid groups (broad SMARTS) is 1. The van der Waals surface area contributed by atoms with E-state index in [4.69, 9.17) is 15.6 Å². The molecule has 0 aliphatic carbocycles. The molecule has 0 saturated carbocycles. The maximum atomic E-state index is 12.3. The third kappa shape index (κ3) is 4.16. The van der Waals surface area contributed by atoms with Crippen LogP contribution >= 0.6 is 11.8 Å². The average Bonchev–Trinajstić information content (AvgIpc) is 3.17. The van der Waals surface area contributed by atoms with Crippen molar-refractivity contribution in [2.75, 3.05) is 19.7 Å². The first-order valence-electron chi connectivity index (χ1n) is 9.73. The van der Waals surface area contributed by atoms with E-state index in [1.165, 1.54) is 4.90 Å². The lowest BCUT2D eigenvalue weighted by atomic mass is 9.84. The van der Waals surface area contributed by atoms with E-state index in [0.717, 1.165) is 24.3 Å². The molecule has 0 aromatic heterocycles. The number of aliphatic hydroxyl groups excluding tert-OH is 2. The molecule has 2 fully saturated rings. The van der Waals surface area contributed by atoms with Crippen LogP contribution in [0.3, 0.4) is 0 Å². The van der Waals surface area contributed by atoms with E-state index in [-0.39, 0.29) is 35.7 Å². The maximum absolute atomic E-state index is 12.3. The summed E-state index contributed by atoms with van der Waals surface area (Å²) in [6.07, 6.45) is 0.679. The summed E-state index contributed by atoms with van der Waals surface area (Å²) in [4.78, 5) is 25.6. The molecule has 9 nitrogen and oxygen atoms in total. The standard InChI is InChI=1S/C18H29N3O6S/c1-9(23)15-13-7-14(17(27-18(25)26)21(13)16(15)24)28-11-6-12(20-8-11)10(2-4-19)3-5-22/h9-13,15,20,22-23H,2-8,19H2,1H3,(H,25,26)/t9-,10?,11+,12+,13-,15-/m1/s1. The number of amides is 1. The van der Waals surface area contributed by atoms with Gasteiger partial charge < -0.3 is 31.1 Å². The van der Waals surface area contributed by atoms with Crippen molar-refractivity contribution < 1.29 is 29.6 Å². The van der Waals surface area contributed by atoms with Crippen LogP contribution in [0, 0.1) is 11.8 Å². The molecule has 3 aliphatic heterocycles. The largest absolute Gasteiger partial charge is 0.512 e. The van der Waals surface area contributed by atoms with Gasteiger partial charge in [-0.25, -0.2) is 4.79 Å². The van der Waals surface area contributed by atoms with Gasteiger partial charge in [0.1, 0.15) is 0 Å². The van der Waals surface area contributed by atoms with E-state index >= 15 is 0 Å². The zero-order chi connectivity index (χ0) is 20.4. The zero-order valence-corrected chi connectivity index (χ0v) is 16.7. The van der Waals surface area contributed by atoms with Gasteiger partial charge in [0.05, 0.1) is 18.1 Å². The van der Waals surface area contributed by atoms with E-state index in [9.17, 15) is 19.8 Å². The summed E-state index contributed by atoms with van der Waals surface area (Å²) >= 11 is 1.55. The Morgan fingerprint density at radius 1 is 1.46 bits per heavy atom. The Morgan fingerprint density at radius 2 is 2.21 bits per heavy atom. The van der Waals surface area contributed by atoms with Gasteiger partial charge in [-0.1, -0.05) is 0 Å². The number of hydrogen-bond donors (Lipinski definition) is 5. The SMILES string of the molecule is C[C@@H](O)[C@H]1C(=O)N2C(OC(=O)O)=C(S[C@@H]3CN[C@H](C(CCN)CCO)C3)C[C@H]12. The first-order chi connectivity index (χ1) is 13.4. The summed E-state index contributed by atoms with van der Waals surface area (Å²) in [5.41, 5.74) is 5.69. The number of fused-ring (bicyclic) bond motifs is 1. The fraction of sp³-hybridized carbons (Fsp3) is 0.778. The normalized spacial score (nSPS) is 31.6. The molecule has 158 valence electrons. The maximum Gasteiger partial charge on any atom is 0.512 e. The van der Waals surface area contributed by atoms with Crippen LogP contribution in [0.15, 0.2) is 10.8 Å². The first kappa shape index (κ1) is 21.4. The van der Waals surface area contributed by atoms with Crippen LogP contribution in [0.25, 0.3) is 0 Å². The Kier molecular flexibility index (Phi) is 6.87. The minimum absolute atomic E-state index is 0.0988. The van der Waals surface area contributed by atoms with E-state index in [2.05, 4.69) is 5.32 Å². The Balaban J connectivity index is 1.68. The number of aliphatic hydroxyl groups is 2. The Hall–Kier alpha value is -1.33. The van der Waals surface area contributed by atoms with Crippen LogP contribution < -0.4 is 11.1 Å². The van der Waals surface area contributed by atoms with Gasteiger partial charge in [0.25, 0.3) is 0 Å². The molecule has 28 heavy (non-hydrogen) atoms. The van der Waals surface area contributed by atoms with Gasteiger partial charge in [-0.2, -0.15) is 0 Å². The molecule has 2 saturated heterocycles. The number of carbonyl (C=O) groups excluding carboxylic acids is 1. The second kappa shape index (κ2) is 9.00. The van der Waals surface area contributed by atoms with Gasteiger partial charge in [-0.15, -0.1) is 11.8 Å². The second-order valence-electron chi connectivity index (χ2n) is 7.68. The van der Waals surface area contributed by atoms with Crippen LogP contribution in [0.1, 0.15) is 32.6 Å². The zero-order valence-electron chi connectivity index (χ0n) is 15.9. The summed E-state index contributed by atoms with van der Waals surface area (Å²) in [6, 6.07) is 0.0109. The van der Waals surface area contributed by atoms with Crippen LogP contribution in [0.4, 0.5) is 4.79 Å². The average molecular weight is 416 g/mol. The summed E-state index contributed by atoms with van der Waals surface area (Å²) in [5.74, 6) is -0.408. The predicted molar refractivity (Wildman–Crippen MR) is 103 cm³/mol. The number of ether oxygens (including phenoxy) is 1. The predicted octanol–water partition coefficient (Wildman–Crippen LogP) is 0.273. The van der Waals surface area contributed by atoms with E-state index in [0.29, 0.717) is 25.3 Å². The van der Waals surface area contributed by atoms with Crippen LogP contribution in [-0.2, 0) is 9.53 Å². The lowest BCUT2D eigenvalue weighted by Gasteiger charge is -2.44. The van der Waals surface area contributed by atoms with Gasteiger partial charge in [0, 0.05) is 35.8 Å². The first-order valence-corrected chi connectivity index (χ1v) is 10.6. The smallest absolute Gasteiger partial charge is 0.449 e. The minimum atomic E-state index is -1.45. The number of nitrogens with one attached hydrogen (secondary N) is 1. The fourth-order valence-corrected chi connectivity index (χ4v) is 5.97. The lowest BCUT2D eigenvalue weighted by Crippen LogP contribution is -2.61. The highest BCUT2D eigenvalue weighted by molar-refractivity contribution is 8.03. The Bertz CT molecular complexity index is 637. The number of β-lactam (4-membered cyclic amide) rings is 1. The number of nitrogens with two attached hydrogens (primary N) is 1. The molecule has 1 unspecified atom stereocenters. The van der Waals surface area contributed by atoms with Gasteiger partial charge in [0.15, 0.2) is 0 Å².